The van der Waals surface area contributed by atoms with Crippen LogP contribution in [0, 0.1) is 13.8 Å². The third-order valence-corrected chi connectivity index (χ3v) is 7.69. The smallest absolute Gasteiger partial charge is 0.423 e. The summed E-state index contributed by atoms with van der Waals surface area (Å²) >= 11 is 0. The highest BCUT2D eigenvalue weighted by molar-refractivity contribution is 6.05. The van der Waals surface area contributed by atoms with Crippen molar-refractivity contribution >= 4 is 47.0 Å². The molecule has 4 amide bonds. The predicted octanol–water partition coefficient (Wildman–Crippen LogP) is 4.08. The number of anilines is 2. The van der Waals surface area contributed by atoms with E-state index in [0.29, 0.717) is 28.8 Å². The molecule has 0 spiro atoms. The Hall–Kier alpha value is -5.99. The fourth-order valence-electron chi connectivity index (χ4n) is 4.91. The van der Waals surface area contributed by atoms with Gasteiger partial charge in [0, 0.05) is 24.3 Å². The van der Waals surface area contributed by atoms with Crippen LogP contribution in [0.1, 0.15) is 64.1 Å². The lowest BCUT2D eigenvalue weighted by molar-refractivity contribution is -0.153. The number of carbonyl (C=O) groups is 5. The van der Waals surface area contributed by atoms with E-state index in [1.165, 1.54) is 23.8 Å². The molecular formula is C34H37N7O8. The lowest BCUT2D eigenvalue weighted by Crippen LogP contribution is -2.40. The molecule has 2 heterocycles. The van der Waals surface area contributed by atoms with E-state index in [2.05, 4.69) is 26.0 Å². The number of rotatable bonds is 12. The van der Waals surface area contributed by atoms with Crippen molar-refractivity contribution in [3.63, 3.8) is 0 Å². The van der Waals surface area contributed by atoms with Crippen LogP contribution >= 0.6 is 0 Å². The fourth-order valence-corrected chi connectivity index (χ4v) is 4.91. The van der Waals surface area contributed by atoms with Crippen LogP contribution in [0.2, 0.25) is 0 Å². The van der Waals surface area contributed by atoms with Crippen molar-refractivity contribution in [2.45, 2.75) is 59.2 Å². The number of aryl methyl sites for hydroxylation is 2. The van der Waals surface area contributed by atoms with Gasteiger partial charge in [-0.3, -0.25) is 9.59 Å². The summed E-state index contributed by atoms with van der Waals surface area (Å²) in [5.41, 5.74) is 3.08. The molecule has 0 saturated heterocycles. The lowest BCUT2D eigenvalue weighted by atomic mass is 10.1. The molecule has 0 bridgehead atoms. The zero-order chi connectivity index (χ0) is 35.1. The molecule has 1 aliphatic carbocycles. The summed E-state index contributed by atoms with van der Waals surface area (Å²) in [6.45, 7) is 6.20. The first kappa shape index (κ1) is 34.3. The predicted molar refractivity (Wildman–Crippen MR) is 176 cm³/mol. The highest BCUT2D eigenvalue weighted by atomic mass is 16.7. The number of amides is 4. The fraction of sp³-hybridized carbons (Fsp3) is 0.324. The summed E-state index contributed by atoms with van der Waals surface area (Å²) in [4.78, 5) is 70.0. The molecular weight excluding hydrogens is 634 g/mol. The topological polar surface area (TPSA) is 183 Å². The summed E-state index contributed by atoms with van der Waals surface area (Å²) in [7, 11) is 0. The third-order valence-electron chi connectivity index (χ3n) is 7.69. The number of aromatic nitrogens is 3. The second-order valence-electron chi connectivity index (χ2n) is 11.4. The van der Waals surface area contributed by atoms with E-state index in [9.17, 15) is 24.0 Å². The van der Waals surface area contributed by atoms with Gasteiger partial charge in [0.2, 0.25) is 6.79 Å². The number of ether oxygens (including phenoxy) is 3. The van der Waals surface area contributed by atoms with Gasteiger partial charge in [-0.25, -0.2) is 28.8 Å². The second-order valence-corrected chi connectivity index (χ2v) is 11.4. The second kappa shape index (κ2) is 15.3. The maximum Gasteiger partial charge on any atom is 0.423 e. The molecule has 1 aliphatic rings. The van der Waals surface area contributed by atoms with Crippen molar-refractivity contribution in [3.8, 4) is 0 Å². The average Bonchev–Trinajstić information content (AvgIpc) is 3.84. The van der Waals surface area contributed by atoms with Gasteiger partial charge in [0.1, 0.15) is 24.5 Å². The Morgan fingerprint density at radius 3 is 2.47 bits per heavy atom. The lowest BCUT2D eigenvalue weighted by Gasteiger charge is -2.24. The molecule has 15 heteroatoms. The molecule has 1 atom stereocenters. The van der Waals surface area contributed by atoms with Gasteiger partial charge < -0.3 is 30.2 Å². The van der Waals surface area contributed by atoms with Crippen LogP contribution in [0.25, 0.3) is 5.52 Å². The molecule has 1 unspecified atom stereocenters. The van der Waals surface area contributed by atoms with Crippen molar-refractivity contribution in [2.24, 2.45) is 0 Å². The van der Waals surface area contributed by atoms with E-state index < -0.39 is 31.0 Å². The van der Waals surface area contributed by atoms with E-state index in [-0.39, 0.29) is 41.5 Å². The van der Waals surface area contributed by atoms with Crippen LogP contribution in [-0.4, -0.2) is 70.0 Å². The van der Waals surface area contributed by atoms with Crippen molar-refractivity contribution < 1.29 is 38.2 Å². The molecule has 49 heavy (non-hydrogen) atoms. The zero-order valence-electron chi connectivity index (χ0n) is 27.5. The Morgan fingerprint density at radius 1 is 1.00 bits per heavy atom. The van der Waals surface area contributed by atoms with Crippen LogP contribution in [0.4, 0.5) is 21.1 Å². The Balaban J connectivity index is 1.36. The van der Waals surface area contributed by atoms with Crippen LogP contribution in [0.3, 0.4) is 0 Å². The number of esters is 1. The van der Waals surface area contributed by atoms with E-state index >= 15 is 0 Å². The molecule has 3 N–H and O–H groups in total. The SMILES string of the molecule is CCNC(=O)c1ccc(C)c(N(C(=O)OCOC(=O)C(C)NC(=O)OCc2ccccc2)c2ncnn3cc(C(=O)NC4CC4)c(C)c23)c1. The zero-order valence-corrected chi connectivity index (χ0v) is 27.5. The summed E-state index contributed by atoms with van der Waals surface area (Å²) in [5, 5.41) is 12.3. The molecule has 2 aromatic heterocycles. The minimum absolute atomic E-state index is 0.00669. The summed E-state index contributed by atoms with van der Waals surface area (Å²) in [6, 6.07) is 12.8. The van der Waals surface area contributed by atoms with Crippen molar-refractivity contribution in [2.75, 3.05) is 18.2 Å². The number of nitrogens with one attached hydrogen (secondary N) is 3. The summed E-state index contributed by atoms with van der Waals surface area (Å²) in [5.74, 6) is -1.47. The normalized spacial score (nSPS) is 12.8. The van der Waals surface area contributed by atoms with Gasteiger partial charge >= 0.3 is 18.2 Å². The molecule has 1 fully saturated rings. The number of alkyl carbamates (subject to hydrolysis) is 1. The van der Waals surface area contributed by atoms with E-state index in [1.807, 2.05) is 6.07 Å². The molecule has 0 aliphatic heterocycles. The number of benzene rings is 2. The summed E-state index contributed by atoms with van der Waals surface area (Å²) in [6.07, 6.45) is 2.74. The van der Waals surface area contributed by atoms with Crippen LogP contribution < -0.4 is 20.9 Å². The maximum atomic E-state index is 13.9. The van der Waals surface area contributed by atoms with Gasteiger partial charge in [0.15, 0.2) is 5.82 Å². The quantitative estimate of drug-likeness (QED) is 0.147. The molecule has 5 rings (SSSR count). The Kier molecular flexibility index (Phi) is 10.7. The third kappa shape index (κ3) is 8.30. The van der Waals surface area contributed by atoms with Crippen LogP contribution in [0.5, 0.6) is 0 Å². The molecule has 2 aromatic carbocycles. The Morgan fingerprint density at radius 2 is 1.76 bits per heavy atom. The van der Waals surface area contributed by atoms with E-state index in [4.69, 9.17) is 14.2 Å². The molecule has 0 radical (unpaired) electrons. The van der Waals surface area contributed by atoms with Crippen LogP contribution in [0.15, 0.2) is 61.1 Å². The highest BCUT2D eigenvalue weighted by Crippen LogP contribution is 2.34. The van der Waals surface area contributed by atoms with E-state index in [1.54, 1.807) is 63.4 Å². The molecule has 15 nitrogen and oxygen atoms in total. The Labute approximate surface area is 281 Å². The van der Waals surface area contributed by atoms with Crippen molar-refractivity contribution in [1.29, 1.82) is 0 Å². The standard InChI is InChI=1S/C34H37N7O8/c1-5-35-30(42)24-12-11-20(2)27(15-24)41(29-28-21(3)26(16-40(28)37-18-36-29)31(43)39-25-13-14-25)34(46)49-19-48-32(44)22(4)38-33(45)47-17-23-9-7-6-8-10-23/h6-12,15-16,18,22,25H,5,13-14,17,19H2,1-4H3,(H,35,42)(H,38,45)(H,39,43). The molecule has 4 aromatic rings. The van der Waals surface area contributed by atoms with Gasteiger partial charge in [-0.2, -0.15) is 5.10 Å². The van der Waals surface area contributed by atoms with Crippen LogP contribution in [-0.2, 0) is 25.6 Å². The monoisotopic (exact) mass is 671 g/mol. The minimum atomic E-state index is -1.13. The van der Waals surface area contributed by atoms with Crippen molar-refractivity contribution in [1.82, 2.24) is 30.5 Å². The van der Waals surface area contributed by atoms with Gasteiger partial charge in [-0.1, -0.05) is 36.4 Å². The number of fused-ring (bicyclic) bond motifs is 1. The maximum absolute atomic E-state index is 13.9. The number of hydrogen-bond acceptors (Lipinski definition) is 10. The number of nitrogens with zero attached hydrogens (tertiary/aromatic N) is 4. The van der Waals surface area contributed by atoms with Gasteiger partial charge in [0.25, 0.3) is 11.8 Å². The Bertz CT molecular complexity index is 1870. The van der Waals surface area contributed by atoms with Gasteiger partial charge in [0.05, 0.1) is 11.3 Å². The first-order chi connectivity index (χ1) is 23.6. The van der Waals surface area contributed by atoms with Gasteiger partial charge in [-0.15, -0.1) is 0 Å². The highest BCUT2D eigenvalue weighted by Gasteiger charge is 2.31. The summed E-state index contributed by atoms with van der Waals surface area (Å²) < 4.78 is 17.1. The first-order valence-corrected chi connectivity index (χ1v) is 15.7. The average molecular weight is 672 g/mol. The number of carbonyl (C=O) groups excluding carboxylic acids is 5. The van der Waals surface area contributed by atoms with Crippen molar-refractivity contribution in [3.05, 3.63) is 88.9 Å². The molecule has 256 valence electrons. The first-order valence-electron chi connectivity index (χ1n) is 15.7. The van der Waals surface area contributed by atoms with E-state index in [0.717, 1.165) is 23.3 Å². The molecule has 1 saturated carbocycles. The number of hydrogen-bond donors (Lipinski definition) is 3. The minimum Gasteiger partial charge on any atom is -0.445 e. The largest absolute Gasteiger partial charge is 0.445 e. The van der Waals surface area contributed by atoms with Gasteiger partial charge in [-0.05, 0) is 69.4 Å².